The number of carboxylic acids is 1. The zero-order valence-corrected chi connectivity index (χ0v) is 9.42. The van der Waals surface area contributed by atoms with Crippen LogP contribution < -0.4 is 5.32 Å². The number of nitrogens with zero attached hydrogens (tertiary/aromatic N) is 1. The lowest BCUT2D eigenvalue weighted by atomic mass is 9.69. The Morgan fingerprint density at radius 2 is 2.31 bits per heavy atom. The minimum atomic E-state index is -0.816. The summed E-state index contributed by atoms with van der Waals surface area (Å²) in [7, 11) is 0. The standard InChI is InChI=1S/C10H12N2O3S/c13-8(7-4-11-6-16-7)12-5-10(9(14)15)2-1-3-10/h4,6H,1-3,5H2,(H,12,13)(H,14,15). The maximum Gasteiger partial charge on any atom is 0.311 e. The average Bonchev–Trinajstić information content (AvgIpc) is 2.67. The summed E-state index contributed by atoms with van der Waals surface area (Å²) in [6.07, 6.45) is 3.69. The molecule has 1 aliphatic rings. The molecule has 86 valence electrons. The van der Waals surface area contributed by atoms with Crippen molar-refractivity contribution < 1.29 is 14.7 Å². The lowest BCUT2D eigenvalue weighted by Gasteiger charge is -2.37. The van der Waals surface area contributed by atoms with E-state index in [4.69, 9.17) is 5.11 Å². The van der Waals surface area contributed by atoms with Crippen LogP contribution in [0.1, 0.15) is 28.9 Å². The van der Waals surface area contributed by atoms with Gasteiger partial charge in [0.1, 0.15) is 4.88 Å². The molecule has 0 spiro atoms. The first-order valence-corrected chi connectivity index (χ1v) is 5.92. The lowest BCUT2D eigenvalue weighted by molar-refractivity contribution is -0.153. The largest absolute Gasteiger partial charge is 0.481 e. The van der Waals surface area contributed by atoms with Crippen molar-refractivity contribution in [2.45, 2.75) is 19.3 Å². The molecule has 0 bridgehead atoms. The van der Waals surface area contributed by atoms with Crippen molar-refractivity contribution in [3.05, 3.63) is 16.6 Å². The first kappa shape index (κ1) is 11.1. The predicted molar refractivity (Wildman–Crippen MR) is 58.4 cm³/mol. The van der Waals surface area contributed by atoms with Gasteiger partial charge >= 0.3 is 5.97 Å². The highest BCUT2D eigenvalue weighted by Crippen LogP contribution is 2.40. The van der Waals surface area contributed by atoms with Crippen molar-refractivity contribution in [1.82, 2.24) is 10.3 Å². The fraction of sp³-hybridized carbons (Fsp3) is 0.500. The summed E-state index contributed by atoms with van der Waals surface area (Å²) in [5, 5.41) is 11.7. The van der Waals surface area contributed by atoms with Gasteiger partial charge in [-0.15, -0.1) is 11.3 Å². The van der Waals surface area contributed by atoms with Gasteiger partial charge in [0, 0.05) is 6.54 Å². The molecule has 0 aromatic carbocycles. The van der Waals surface area contributed by atoms with Gasteiger partial charge in [0.05, 0.1) is 17.1 Å². The molecule has 1 aromatic rings. The van der Waals surface area contributed by atoms with E-state index in [1.54, 1.807) is 5.51 Å². The molecule has 1 aliphatic carbocycles. The van der Waals surface area contributed by atoms with Crippen LogP contribution in [0, 0.1) is 5.41 Å². The summed E-state index contributed by atoms with van der Waals surface area (Å²) >= 11 is 1.25. The van der Waals surface area contributed by atoms with Crippen LogP contribution >= 0.6 is 11.3 Å². The molecular weight excluding hydrogens is 228 g/mol. The highest BCUT2D eigenvalue weighted by atomic mass is 32.1. The molecule has 2 N–H and O–H groups in total. The third kappa shape index (κ3) is 1.92. The average molecular weight is 240 g/mol. The van der Waals surface area contributed by atoms with Gasteiger partial charge in [-0.05, 0) is 12.8 Å². The number of rotatable bonds is 4. The number of nitrogens with one attached hydrogen (secondary N) is 1. The van der Waals surface area contributed by atoms with Crippen LogP contribution in [-0.4, -0.2) is 28.5 Å². The van der Waals surface area contributed by atoms with E-state index in [1.807, 2.05) is 0 Å². The van der Waals surface area contributed by atoms with E-state index in [0.717, 1.165) is 6.42 Å². The van der Waals surface area contributed by atoms with Crippen molar-refractivity contribution in [1.29, 1.82) is 0 Å². The third-order valence-electron chi connectivity index (χ3n) is 3.01. The van der Waals surface area contributed by atoms with Crippen molar-refractivity contribution in [2.24, 2.45) is 5.41 Å². The number of thiazole rings is 1. The Morgan fingerprint density at radius 1 is 1.56 bits per heavy atom. The Hall–Kier alpha value is -1.43. The smallest absolute Gasteiger partial charge is 0.311 e. The number of carboxylic acid groups (broad SMARTS) is 1. The van der Waals surface area contributed by atoms with E-state index < -0.39 is 11.4 Å². The molecule has 0 atom stereocenters. The molecular formula is C10H12N2O3S. The second-order valence-corrected chi connectivity index (χ2v) is 4.87. The fourth-order valence-electron chi connectivity index (χ4n) is 1.73. The summed E-state index contributed by atoms with van der Waals surface area (Å²) in [4.78, 5) is 26.9. The molecule has 1 fully saturated rings. The van der Waals surface area contributed by atoms with Crippen LogP contribution in [0.2, 0.25) is 0 Å². The van der Waals surface area contributed by atoms with Gasteiger partial charge in [-0.3, -0.25) is 14.6 Å². The molecule has 5 nitrogen and oxygen atoms in total. The van der Waals surface area contributed by atoms with Crippen LogP contribution in [0.4, 0.5) is 0 Å². The van der Waals surface area contributed by atoms with Crippen LogP contribution in [0.25, 0.3) is 0 Å². The number of carbonyl (C=O) groups excluding carboxylic acids is 1. The van der Waals surface area contributed by atoms with Crippen LogP contribution in [0.15, 0.2) is 11.7 Å². The Kier molecular flexibility index (Phi) is 2.91. The zero-order valence-electron chi connectivity index (χ0n) is 8.60. The molecule has 0 saturated heterocycles. The molecule has 2 rings (SSSR count). The van der Waals surface area contributed by atoms with Crippen molar-refractivity contribution >= 4 is 23.2 Å². The van der Waals surface area contributed by atoms with Gasteiger partial charge < -0.3 is 10.4 Å². The molecule has 0 unspecified atom stereocenters. The van der Waals surface area contributed by atoms with E-state index in [9.17, 15) is 9.59 Å². The Morgan fingerprint density at radius 3 is 2.75 bits per heavy atom. The van der Waals surface area contributed by atoms with Crippen molar-refractivity contribution in [3.8, 4) is 0 Å². The molecule has 16 heavy (non-hydrogen) atoms. The Balaban J connectivity index is 1.92. The molecule has 1 aromatic heterocycles. The van der Waals surface area contributed by atoms with Crippen LogP contribution in [0.3, 0.4) is 0 Å². The lowest BCUT2D eigenvalue weighted by Crippen LogP contribution is -2.47. The van der Waals surface area contributed by atoms with Gasteiger partial charge in [-0.1, -0.05) is 6.42 Å². The van der Waals surface area contributed by atoms with E-state index in [1.165, 1.54) is 17.5 Å². The Labute approximate surface area is 96.5 Å². The quantitative estimate of drug-likeness (QED) is 0.826. The molecule has 0 radical (unpaired) electrons. The molecule has 0 aliphatic heterocycles. The maximum absolute atomic E-state index is 11.6. The van der Waals surface area contributed by atoms with Gasteiger partial charge in [-0.2, -0.15) is 0 Å². The summed E-state index contributed by atoms with van der Waals surface area (Å²) in [5.41, 5.74) is 0.839. The number of carbonyl (C=O) groups is 2. The number of aliphatic carboxylic acids is 1. The number of aromatic nitrogens is 1. The van der Waals surface area contributed by atoms with Gasteiger partial charge in [0.15, 0.2) is 0 Å². The third-order valence-corrected chi connectivity index (χ3v) is 3.78. The van der Waals surface area contributed by atoms with E-state index in [0.29, 0.717) is 17.7 Å². The van der Waals surface area contributed by atoms with Gasteiger partial charge in [-0.25, -0.2) is 0 Å². The summed E-state index contributed by atoms with van der Waals surface area (Å²) in [5.74, 6) is -1.06. The minimum absolute atomic E-state index is 0.207. The van der Waals surface area contributed by atoms with Crippen LogP contribution in [-0.2, 0) is 4.79 Å². The summed E-state index contributed by atoms with van der Waals surface area (Å²) in [6.45, 7) is 0.207. The first-order chi connectivity index (χ1) is 7.64. The first-order valence-electron chi connectivity index (χ1n) is 5.04. The number of amides is 1. The molecule has 1 saturated carbocycles. The van der Waals surface area contributed by atoms with Crippen molar-refractivity contribution in [2.75, 3.05) is 6.54 Å². The molecule has 6 heteroatoms. The second kappa shape index (κ2) is 4.21. The van der Waals surface area contributed by atoms with E-state index in [2.05, 4.69) is 10.3 Å². The van der Waals surface area contributed by atoms with E-state index >= 15 is 0 Å². The predicted octanol–water partition coefficient (Wildman–Crippen LogP) is 1.13. The minimum Gasteiger partial charge on any atom is -0.481 e. The number of hydrogen-bond acceptors (Lipinski definition) is 4. The van der Waals surface area contributed by atoms with Gasteiger partial charge in [0.25, 0.3) is 5.91 Å². The van der Waals surface area contributed by atoms with E-state index in [-0.39, 0.29) is 12.5 Å². The zero-order chi connectivity index (χ0) is 11.6. The number of hydrogen-bond donors (Lipinski definition) is 2. The van der Waals surface area contributed by atoms with Crippen molar-refractivity contribution in [3.63, 3.8) is 0 Å². The second-order valence-electron chi connectivity index (χ2n) is 3.99. The normalized spacial score (nSPS) is 17.5. The fourth-order valence-corrected chi connectivity index (χ4v) is 2.27. The highest BCUT2D eigenvalue weighted by Gasteiger charge is 2.44. The monoisotopic (exact) mass is 240 g/mol. The van der Waals surface area contributed by atoms with Gasteiger partial charge in [0.2, 0.25) is 0 Å². The highest BCUT2D eigenvalue weighted by molar-refractivity contribution is 7.11. The SMILES string of the molecule is O=C(NCC1(C(=O)O)CCC1)c1cncs1. The topological polar surface area (TPSA) is 79.3 Å². The maximum atomic E-state index is 11.6. The molecule has 1 amide bonds. The molecule has 1 heterocycles. The van der Waals surface area contributed by atoms with Crippen LogP contribution in [0.5, 0.6) is 0 Å². The summed E-state index contributed by atoms with van der Waals surface area (Å²) in [6, 6.07) is 0. The Bertz CT molecular complexity index is 398. The summed E-state index contributed by atoms with van der Waals surface area (Å²) < 4.78 is 0.